The van der Waals surface area contributed by atoms with Crippen LogP contribution in [-0.2, 0) is 0 Å². The van der Waals surface area contributed by atoms with Gasteiger partial charge in [-0.3, -0.25) is 0 Å². The monoisotopic (exact) mass is 225 g/mol. The van der Waals surface area contributed by atoms with Gasteiger partial charge in [-0.2, -0.15) is 0 Å². The summed E-state index contributed by atoms with van der Waals surface area (Å²) in [5, 5.41) is 4.04. The maximum absolute atomic E-state index is 6.14. The van der Waals surface area contributed by atoms with E-state index in [0.717, 1.165) is 42.6 Å². The summed E-state index contributed by atoms with van der Waals surface area (Å²) in [6, 6.07) is 6.67. The summed E-state index contributed by atoms with van der Waals surface area (Å²) in [4.78, 5) is 2.26. The van der Waals surface area contributed by atoms with Gasteiger partial charge in [-0.05, 0) is 6.07 Å². The van der Waals surface area contributed by atoms with Crippen molar-refractivity contribution < 1.29 is 4.74 Å². The van der Waals surface area contributed by atoms with E-state index in [1.807, 2.05) is 6.07 Å². The first-order valence-corrected chi connectivity index (χ1v) is 5.40. The first-order valence-electron chi connectivity index (χ1n) is 5.02. The van der Waals surface area contributed by atoms with Crippen molar-refractivity contribution in [1.82, 2.24) is 5.32 Å². The largest absolute Gasteiger partial charge is 0.496 e. The molecular weight excluding hydrogens is 212 g/mol. The predicted octanol–water partition coefficient (Wildman–Crippen LogP) is 1.56. The summed E-state index contributed by atoms with van der Waals surface area (Å²) in [5.74, 6) is 0.730. The molecule has 2 rings (SSSR count). The van der Waals surface area contributed by atoms with Gasteiger partial charge in [-0.25, -0.2) is 0 Å². The van der Waals surface area contributed by atoms with Gasteiger partial charge in [-0.15, -0.1) is 0 Å². The standard InChI is InChI=1S/C11H14ClN2O/c1-15-9-2-3-10(12)11(8-9)14-6-4-13-5-7-14/h3,8,13H,4-7H2,1H3. The molecule has 0 amide bonds. The average molecular weight is 226 g/mol. The smallest absolute Gasteiger partial charge is 0.128 e. The van der Waals surface area contributed by atoms with Crippen molar-refractivity contribution in [3.05, 3.63) is 23.2 Å². The van der Waals surface area contributed by atoms with Crippen LogP contribution in [0.2, 0.25) is 5.02 Å². The van der Waals surface area contributed by atoms with E-state index in [1.54, 1.807) is 13.2 Å². The molecule has 1 radical (unpaired) electrons. The Morgan fingerprint density at radius 2 is 2.20 bits per heavy atom. The second-order valence-corrected chi connectivity index (χ2v) is 3.88. The van der Waals surface area contributed by atoms with Gasteiger partial charge in [0.25, 0.3) is 0 Å². The van der Waals surface area contributed by atoms with Gasteiger partial charge in [0.15, 0.2) is 0 Å². The molecule has 1 fully saturated rings. The molecule has 0 aliphatic carbocycles. The van der Waals surface area contributed by atoms with Crippen LogP contribution in [0.5, 0.6) is 5.75 Å². The summed E-state index contributed by atoms with van der Waals surface area (Å²) < 4.78 is 5.14. The summed E-state index contributed by atoms with van der Waals surface area (Å²) >= 11 is 6.14. The van der Waals surface area contributed by atoms with Crippen LogP contribution in [0, 0.1) is 6.07 Å². The average Bonchev–Trinajstić information content (AvgIpc) is 2.31. The third-order valence-corrected chi connectivity index (χ3v) is 2.83. The molecule has 1 aliphatic rings. The van der Waals surface area contributed by atoms with Crippen molar-refractivity contribution in [2.45, 2.75) is 0 Å². The lowest BCUT2D eigenvalue weighted by molar-refractivity contribution is 0.413. The van der Waals surface area contributed by atoms with E-state index in [1.165, 1.54) is 0 Å². The van der Waals surface area contributed by atoms with E-state index in [0.29, 0.717) is 0 Å². The van der Waals surface area contributed by atoms with Crippen LogP contribution in [0.1, 0.15) is 0 Å². The zero-order valence-corrected chi connectivity index (χ0v) is 9.47. The number of hydrogen-bond donors (Lipinski definition) is 1. The van der Waals surface area contributed by atoms with Crippen LogP contribution in [-0.4, -0.2) is 33.3 Å². The number of benzene rings is 1. The predicted molar refractivity (Wildman–Crippen MR) is 61.9 cm³/mol. The van der Waals surface area contributed by atoms with Gasteiger partial charge in [0.05, 0.1) is 17.8 Å². The number of rotatable bonds is 2. The normalized spacial score (nSPS) is 16.5. The van der Waals surface area contributed by atoms with Crippen LogP contribution in [0.25, 0.3) is 0 Å². The van der Waals surface area contributed by atoms with Gasteiger partial charge in [0, 0.05) is 38.3 Å². The topological polar surface area (TPSA) is 24.5 Å². The quantitative estimate of drug-likeness (QED) is 0.827. The zero-order valence-electron chi connectivity index (χ0n) is 8.72. The Balaban J connectivity index is 2.24. The van der Waals surface area contributed by atoms with Crippen LogP contribution in [0.3, 0.4) is 0 Å². The Morgan fingerprint density at radius 3 is 2.87 bits per heavy atom. The van der Waals surface area contributed by atoms with Crippen LogP contribution in [0.15, 0.2) is 12.1 Å². The van der Waals surface area contributed by atoms with Gasteiger partial charge in [-0.1, -0.05) is 11.6 Å². The lowest BCUT2D eigenvalue weighted by atomic mass is 10.2. The highest BCUT2D eigenvalue weighted by atomic mass is 35.5. The SMILES string of the molecule is COc1[c]cc(Cl)c(N2CCNCC2)c1. The molecule has 1 aliphatic heterocycles. The van der Waals surface area contributed by atoms with E-state index >= 15 is 0 Å². The highest BCUT2D eigenvalue weighted by Crippen LogP contribution is 2.29. The van der Waals surface area contributed by atoms with E-state index in [9.17, 15) is 0 Å². The van der Waals surface area contributed by atoms with E-state index in [-0.39, 0.29) is 0 Å². The van der Waals surface area contributed by atoms with Crippen molar-refractivity contribution in [2.75, 3.05) is 38.2 Å². The molecule has 0 aromatic heterocycles. The van der Waals surface area contributed by atoms with Crippen molar-refractivity contribution in [2.24, 2.45) is 0 Å². The minimum Gasteiger partial charge on any atom is -0.496 e. The summed E-state index contributed by atoms with van der Waals surface area (Å²) in [7, 11) is 1.64. The third-order valence-electron chi connectivity index (χ3n) is 2.53. The number of nitrogens with zero attached hydrogens (tertiary/aromatic N) is 1. The third kappa shape index (κ3) is 2.36. The van der Waals surface area contributed by atoms with Crippen molar-refractivity contribution >= 4 is 17.3 Å². The second kappa shape index (κ2) is 4.73. The minimum absolute atomic E-state index is 0.730. The number of hydrogen-bond acceptors (Lipinski definition) is 3. The van der Waals surface area contributed by atoms with E-state index < -0.39 is 0 Å². The molecule has 0 unspecified atom stereocenters. The molecule has 1 heterocycles. The number of ether oxygens (including phenoxy) is 1. The molecular formula is C11H14ClN2O. The summed E-state index contributed by atoms with van der Waals surface area (Å²) in [6.45, 7) is 3.95. The molecule has 4 heteroatoms. The Morgan fingerprint density at radius 1 is 1.47 bits per heavy atom. The van der Waals surface area contributed by atoms with Crippen LogP contribution < -0.4 is 15.0 Å². The van der Waals surface area contributed by atoms with E-state index in [4.69, 9.17) is 16.3 Å². The van der Waals surface area contributed by atoms with Gasteiger partial charge >= 0.3 is 0 Å². The first-order chi connectivity index (χ1) is 7.31. The second-order valence-electron chi connectivity index (χ2n) is 3.47. The Hall–Kier alpha value is -0.930. The molecule has 3 nitrogen and oxygen atoms in total. The number of nitrogens with one attached hydrogen (secondary N) is 1. The Bertz CT molecular complexity index is 337. The highest BCUT2D eigenvalue weighted by Gasteiger charge is 2.14. The van der Waals surface area contributed by atoms with Crippen LogP contribution in [0.4, 0.5) is 5.69 Å². The minimum atomic E-state index is 0.730. The van der Waals surface area contributed by atoms with Crippen molar-refractivity contribution in [1.29, 1.82) is 0 Å². The molecule has 1 aromatic carbocycles. The fraction of sp³-hybridized carbons (Fsp3) is 0.455. The zero-order chi connectivity index (χ0) is 10.7. The first kappa shape index (κ1) is 10.6. The molecule has 0 bridgehead atoms. The van der Waals surface area contributed by atoms with Crippen molar-refractivity contribution in [3.63, 3.8) is 0 Å². The lowest BCUT2D eigenvalue weighted by Gasteiger charge is -2.30. The number of anilines is 1. The van der Waals surface area contributed by atoms with Gasteiger partial charge < -0.3 is 15.0 Å². The molecule has 1 saturated heterocycles. The van der Waals surface area contributed by atoms with E-state index in [2.05, 4.69) is 16.3 Å². The van der Waals surface area contributed by atoms with Crippen LogP contribution >= 0.6 is 11.6 Å². The molecule has 15 heavy (non-hydrogen) atoms. The van der Waals surface area contributed by atoms with Gasteiger partial charge in [0.1, 0.15) is 5.75 Å². The number of piperazine rings is 1. The molecule has 1 aromatic rings. The fourth-order valence-corrected chi connectivity index (χ4v) is 1.94. The Labute approximate surface area is 95.0 Å². The summed E-state index contributed by atoms with van der Waals surface area (Å²) in [6.07, 6.45) is 0. The maximum atomic E-state index is 6.14. The maximum Gasteiger partial charge on any atom is 0.128 e. The molecule has 1 N–H and O–H groups in total. The van der Waals surface area contributed by atoms with Crippen molar-refractivity contribution in [3.8, 4) is 5.75 Å². The summed E-state index contributed by atoms with van der Waals surface area (Å²) in [5.41, 5.74) is 1.04. The number of methoxy groups -OCH3 is 1. The Kier molecular flexibility index (Phi) is 3.34. The molecule has 0 atom stereocenters. The molecule has 0 spiro atoms. The number of halogens is 1. The molecule has 0 saturated carbocycles. The lowest BCUT2D eigenvalue weighted by Crippen LogP contribution is -2.43. The molecule has 81 valence electrons. The highest BCUT2D eigenvalue weighted by molar-refractivity contribution is 6.33. The van der Waals surface area contributed by atoms with Gasteiger partial charge in [0.2, 0.25) is 0 Å². The fourth-order valence-electron chi connectivity index (χ4n) is 1.71.